The minimum absolute atomic E-state index is 0.106. The summed E-state index contributed by atoms with van der Waals surface area (Å²) in [7, 11) is 0. The van der Waals surface area contributed by atoms with Gasteiger partial charge in [-0.2, -0.15) is 0 Å². The average molecular weight is 251 g/mol. The molecule has 3 rings (SSSR count). The molecule has 3 heteroatoms. The molecule has 2 saturated carbocycles. The second kappa shape index (κ2) is 4.14. The lowest BCUT2D eigenvalue weighted by atomic mass is 9.64. The number of amides is 1. The third-order valence-electron chi connectivity index (χ3n) is 5.02. The van der Waals surface area contributed by atoms with E-state index >= 15 is 0 Å². The van der Waals surface area contributed by atoms with Gasteiger partial charge in [0.2, 0.25) is 0 Å². The van der Waals surface area contributed by atoms with E-state index < -0.39 is 0 Å². The summed E-state index contributed by atoms with van der Waals surface area (Å²) >= 11 is 0. The quantitative estimate of drug-likeness (QED) is 0.661. The minimum atomic E-state index is -0.374. The van der Waals surface area contributed by atoms with Crippen molar-refractivity contribution in [2.45, 2.75) is 52.1 Å². The van der Waals surface area contributed by atoms with Crippen LogP contribution in [-0.2, 0) is 4.74 Å². The van der Waals surface area contributed by atoms with Crippen LogP contribution in [0.4, 0.5) is 4.79 Å². The Bertz CT molecular complexity index is 347. The molecule has 1 saturated heterocycles. The molecule has 0 N–H and O–H groups in total. The number of nitrogens with zero attached hydrogens (tertiary/aromatic N) is 1. The molecule has 2 aliphatic carbocycles. The average Bonchev–Trinajstić information content (AvgIpc) is 2.46. The van der Waals surface area contributed by atoms with Crippen LogP contribution in [0, 0.1) is 23.7 Å². The van der Waals surface area contributed by atoms with Crippen LogP contribution in [0.2, 0.25) is 0 Å². The van der Waals surface area contributed by atoms with Crippen LogP contribution in [0.5, 0.6) is 0 Å². The SMILES string of the molecule is CC(C)(C)OC(=O)N1CCC2CCC3CC(C1)C23. The fourth-order valence-electron chi connectivity index (χ4n) is 4.31. The summed E-state index contributed by atoms with van der Waals surface area (Å²) in [4.78, 5) is 14.1. The van der Waals surface area contributed by atoms with Crippen LogP contribution < -0.4 is 0 Å². The van der Waals surface area contributed by atoms with Gasteiger partial charge in [0, 0.05) is 13.1 Å². The lowest BCUT2D eigenvalue weighted by molar-refractivity contribution is 0.0125. The summed E-state index contributed by atoms with van der Waals surface area (Å²) in [6.07, 6.45) is 5.27. The molecule has 1 heterocycles. The molecule has 0 aromatic heterocycles. The summed E-state index contributed by atoms with van der Waals surface area (Å²) < 4.78 is 5.51. The van der Waals surface area contributed by atoms with Gasteiger partial charge in [-0.15, -0.1) is 0 Å². The van der Waals surface area contributed by atoms with Crippen molar-refractivity contribution in [1.29, 1.82) is 0 Å². The molecule has 0 radical (unpaired) electrons. The summed E-state index contributed by atoms with van der Waals surface area (Å²) in [5.74, 6) is 3.56. The van der Waals surface area contributed by atoms with E-state index in [-0.39, 0.29) is 11.7 Å². The maximum atomic E-state index is 12.2. The maximum Gasteiger partial charge on any atom is 0.410 e. The molecule has 4 atom stereocenters. The van der Waals surface area contributed by atoms with Gasteiger partial charge in [-0.3, -0.25) is 0 Å². The molecule has 3 fully saturated rings. The van der Waals surface area contributed by atoms with Crippen LogP contribution in [0.15, 0.2) is 0 Å². The molecule has 0 aromatic rings. The zero-order valence-corrected chi connectivity index (χ0v) is 11.8. The zero-order valence-electron chi connectivity index (χ0n) is 11.8. The molecule has 3 nitrogen and oxygen atoms in total. The Labute approximate surface area is 110 Å². The van der Waals surface area contributed by atoms with Gasteiger partial charge in [0.15, 0.2) is 0 Å². The van der Waals surface area contributed by atoms with Gasteiger partial charge in [0.25, 0.3) is 0 Å². The van der Waals surface area contributed by atoms with Crippen molar-refractivity contribution < 1.29 is 9.53 Å². The van der Waals surface area contributed by atoms with E-state index in [9.17, 15) is 4.79 Å². The Balaban J connectivity index is 1.64. The van der Waals surface area contributed by atoms with Gasteiger partial charge in [0.1, 0.15) is 5.60 Å². The van der Waals surface area contributed by atoms with Gasteiger partial charge in [-0.25, -0.2) is 4.79 Å². The highest BCUT2D eigenvalue weighted by Crippen LogP contribution is 2.56. The standard InChI is InChI=1S/C15H25NO2/c1-15(2,3)18-14(17)16-7-6-10-4-5-11-8-12(9-16)13(10)11/h10-13H,4-9H2,1-3H3. The van der Waals surface area contributed by atoms with Crippen LogP contribution in [0.3, 0.4) is 0 Å². The van der Waals surface area contributed by atoms with Gasteiger partial charge in [0.05, 0.1) is 0 Å². The second-order valence-corrected chi connectivity index (χ2v) is 7.39. The summed E-state index contributed by atoms with van der Waals surface area (Å²) in [5, 5.41) is 0. The number of carbonyl (C=O) groups is 1. The highest BCUT2D eigenvalue weighted by molar-refractivity contribution is 5.68. The molecule has 3 aliphatic rings. The van der Waals surface area contributed by atoms with Crippen LogP contribution in [-0.4, -0.2) is 29.7 Å². The van der Waals surface area contributed by atoms with Gasteiger partial charge in [-0.1, -0.05) is 0 Å². The third kappa shape index (κ3) is 2.12. The number of rotatable bonds is 0. The van der Waals surface area contributed by atoms with Gasteiger partial charge in [-0.05, 0) is 70.1 Å². The summed E-state index contributed by atoms with van der Waals surface area (Å²) in [6.45, 7) is 7.66. The number of hydrogen-bond donors (Lipinski definition) is 0. The smallest absolute Gasteiger partial charge is 0.410 e. The molecule has 0 bridgehead atoms. The topological polar surface area (TPSA) is 29.5 Å². The maximum absolute atomic E-state index is 12.2. The van der Waals surface area contributed by atoms with E-state index in [2.05, 4.69) is 0 Å². The normalized spacial score (nSPS) is 38.7. The first-order chi connectivity index (χ1) is 8.44. The van der Waals surface area contributed by atoms with E-state index in [0.717, 1.165) is 36.8 Å². The van der Waals surface area contributed by atoms with Crippen molar-refractivity contribution >= 4 is 6.09 Å². The Morgan fingerprint density at radius 1 is 1.11 bits per heavy atom. The molecular weight excluding hydrogens is 226 g/mol. The molecular formula is C15H25NO2. The van der Waals surface area contributed by atoms with Crippen molar-refractivity contribution in [2.75, 3.05) is 13.1 Å². The zero-order chi connectivity index (χ0) is 12.9. The Hall–Kier alpha value is -0.730. The van der Waals surface area contributed by atoms with Crippen molar-refractivity contribution in [1.82, 2.24) is 4.90 Å². The largest absolute Gasteiger partial charge is 0.444 e. The predicted octanol–water partition coefficient (Wildman–Crippen LogP) is 3.29. The second-order valence-electron chi connectivity index (χ2n) is 7.39. The predicted molar refractivity (Wildman–Crippen MR) is 70.2 cm³/mol. The first kappa shape index (κ1) is 12.3. The molecule has 1 aliphatic heterocycles. The molecule has 4 unspecified atom stereocenters. The van der Waals surface area contributed by atoms with E-state index in [1.165, 1.54) is 25.7 Å². The number of hydrogen-bond acceptors (Lipinski definition) is 2. The van der Waals surface area contributed by atoms with E-state index in [0.29, 0.717) is 0 Å². The molecule has 18 heavy (non-hydrogen) atoms. The number of likely N-dealkylation sites (tertiary alicyclic amines) is 1. The lowest BCUT2D eigenvalue weighted by Crippen LogP contribution is -2.44. The monoisotopic (exact) mass is 251 g/mol. The Kier molecular flexibility index (Phi) is 2.83. The lowest BCUT2D eigenvalue weighted by Gasteiger charge is -2.43. The van der Waals surface area contributed by atoms with Crippen LogP contribution >= 0.6 is 0 Å². The fraction of sp³-hybridized carbons (Fsp3) is 0.933. The van der Waals surface area contributed by atoms with Crippen molar-refractivity contribution in [3.8, 4) is 0 Å². The fourth-order valence-corrected chi connectivity index (χ4v) is 4.31. The summed E-state index contributed by atoms with van der Waals surface area (Å²) in [5.41, 5.74) is -0.374. The first-order valence-corrected chi connectivity index (χ1v) is 7.42. The highest BCUT2D eigenvalue weighted by Gasteiger charge is 2.51. The van der Waals surface area contributed by atoms with Gasteiger partial charge >= 0.3 is 6.09 Å². The summed E-state index contributed by atoms with van der Waals surface area (Å²) in [6, 6.07) is 0. The number of carbonyl (C=O) groups excluding carboxylic acids is 1. The van der Waals surface area contributed by atoms with Crippen LogP contribution in [0.1, 0.15) is 46.5 Å². The Morgan fingerprint density at radius 2 is 1.83 bits per heavy atom. The van der Waals surface area contributed by atoms with E-state index in [1.54, 1.807) is 0 Å². The molecule has 1 amide bonds. The van der Waals surface area contributed by atoms with E-state index in [1.807, 2.05) is 25.7 Å². The molecule has 0 spiro atoms. The van der Waals surface area contributed by atoms with Crippen molar-refractivity contribution in [2.24, 2.45) is 23.7 Å². The molecule has 0 aromatic carbocycles. The molecule has 102 valence electrons. The minimum Gasteiger partial charge on any atom is -0.444 e. The van der Waals surface area contributed by atoms with Crippen molar-refractivity contribution in [3.63, 3.8) is 0 Å². The number of ether oxygens (including phenoxy) is 1. The Morgan fingerprint density at radius 3 is 2.56 bits per heavy atom. The first-order valence-electron chi connectivity index (χ1n) is 7.42. The third-order valence-corrected chi connectivity index (χ3v) is 5.02. The van der Waals surface area contributed by atoms with Gasteiger partial charge < -0.3 is 9.64 Å². The highest BCUT2D eigenvalue weighted by atomic mass is 16.6. The van der Waals surface area contributed by atoms with Crippen LogP contribution in [0.25, 0.3) is 0 Å². The van der Waals surface area contributed by atoms with Crippen molar-refractivity contribution in [3.05, 3.63) is 0 Å². The van der Waals surface area contributed by atoms with E-state index in [4.69, 9.17) is 4.74 Å².